The van der Waals surface area contributed by atoms with E-state index < -0.39 is 0 Å². The van der Waals surface area contributed by atoms with Gasteiger partial charge in [0.2, 0.25) is 5.90 Å². The van der Waals surface area contributed by atoms with Crippen molar-refractivity contribution < 1.29 is 9.53 Å². The fourth-order valence-electron chi connectivity index (χ4n) is 2.67. The zero-order chi connectivity index (χ0) is 13.9. The lowest BCUT2D eigenvalue weighted by Gasteiger charge is -2.19. The highest BCUT2D eigenvalue weighted by Crippen LogP contribution is 2.29. The Morgan fingerprint density at radius 2 is 1.85 bits per heavy atom. The fraction of sp³-hybridized carbons (Fsp3) is 0.375. The fourth-order valence-corrected chi connectivity index (χ4v) is 2.79. The molecule has 1 aliphatic carbocycles. The molecule has 104 valence electrons. The third-order valence-electron chi connectivity index (χ3n) is 3.76. The Balaban J connectivity index is 1.80. The Kier molecular flexibility index (Phi) is 3.88. The number of ether oxygens (including phenoxy) is 1. The Morgan fingerprint density at radius 1 is 1.15 bits per heavy atom. The summed E-state index contributed by atoms with van der Waals surface area (Å²) in [7, 11) is 0. The van der Waals surface area contributed by atoms with Gasteiger partial charge in [-0.15, -0.1) is 0 Å². The molecule has 2 aliphatic rings. The Bertz CT molecular complexity index is 569. The van der Waals surface area contributed by atoms with Gasteiger partial charge in [0.05, 0.1) is 0 Å². The second-order valence-corrected chi connectivity index (χ2v) is 5.69. The predicted octanol–water partition coefficient (Wildman–Crippen LogP) is 4.22. The van der Waals surface area contributed by atoms with Gasteiger partial charge >= 0.3 is 5.97 Å². The standard InChI is InChI=1S/C16H16ClNO2/c17-13-8-6-11(7-9-13)10-14-16(19)20-15(18-14)12-4-2-1-3-5-12/h6-10,12H,1-5H2. The summed E-state index contributed by atoms with van der Waals surface area (Å²) in [5.41, 5.74) is 1.28. The van der Waals surface area contributed by atoms with Crippen LogP contribution in [0.1, 0.15) is 37.7 Å². The molecule has 1 aromatic rings. The lowest BCUT2D eigenvalue weighted by atomic mass is 9.89. The molecule has 0 N–H and O–H groups in total. The monoisotopic (exact) mass is 289 g/mol. The Hall–Kier alpha value is -1.61. The molecule has 1 saturated carbocycles. The number of carbonyl (C=O) groups is 1. The normalized spacial score (nSPS) is 21.9. The van der Waals surface area contributed by atoms with Gasteiger partial charge in [-0.1, -0.05) is 43.0 Å². The first-order valence-electron chi connectivity index (χ1n) is 7.00. The molecule has 4 heteroatoms. The predicted molar refractivity (Wildman–Crippen MR) is 79.5 cm³/mol. The van der Waals surface area contributed by atoms with Crippen molar-refractivity contribution in [1.82, 2.24) is 0 Å². The summed E-state index contributed by atoms with van der Waals surface area (Å²) in [6.45, 7) is 0. The minimum atomic E-state index is -0.347. The maximum Gasteiger partial charge on any atom is 0.363 e. The number of hydrogen-bond acceptors (Lipinski definition) is 3. The van der Waals surface area contributed by atoms with E-state index in [0.29, 0.717) is 22.5 Å². The van der Waals surface area contributed by atoms with E-state index in [1.807, 2.05) is 12.1 Å². The maximum atomic E-state index is 11.9. The van der Waals surface area contributed by atoms with Gasteiger partial charge in [-0.05, 0) is 36.6 Å². The first-order chi connectivity index (χ1) is 9.72. The van der Waals surface area contributed by atoms with Crippen molar-refractivity contribution in [2.24, 2.45) is 10.9 Å². The summed E-state index contributed by atoms with van der Waals surface area (Å²) in [4.78, 5) is 16.3. The lowest BCUT2D eigenvalue weighted by Crippen LogP contribution is -2.19. The number of aliphatic imine (C=N–C) groups is 1. The van der Waals surface area contributed by atoms with Crippen molar-refractivity contribution in [3.8, 4) is 0 Å². The molecule has 0 atom stereocenters. The van der Waals surface area contributed by atoms with Crippen LogP contribution in [0.15, 0.2) is 35.0 Å². The van der Waals surface area contributed by atoms with Gasteiger partial charge in [-0.25, -0.2) is 9.79 Å². The van der Waals surface area contributed by atoms with E-state index in [4.69, 9.17) is 16.3 Å². The SMILES string of the molecule is O=C1OC(C2CCCCC2)=NC1=Cc1ccc(Cl)cc1. The zero-order valence-electron chi connectivity index (χ0n) is 11.1. The maximum absolute atomic E-state index is 11.9. The molecule has 1 fully saturated rings. The second-order valence-electron chi connectivity index (χ2n) is 5.26. The summed E-state index contributed by atoms with van der Waals surface area (Å²) in [6.07, 6.45) is 7.54. The third kappa shape index (κ3) is 2.93. The average molecular weight is 290 g/mol. The van der Waals surface area contributed by atoms with Crippen LogP contribution in [0.5, 0.6) is 0 Å². The number of rotatable bonds is 2. The average Bonchev–Trinajstić information content (AvgIpc) is 2.84. The molecule has 3 nitrogen and oxygen atoms in total. The molecule has 0 spiro atoms. The summed E-state index contributed by atoms with van der Waals surface area (Å²) < 4.78 is 5.33. The number of benzene rings is 1. The van der Waals surface area contributed by atoms with Crippen LogP contribution in [0, 0.1) is 5.92 Å². The minimum Gasteiger partial charge on any atom is -0.406 e. The van der Waals surface area contributed by atoms with Gasteiger partial charge in [-0.3, -0.25) is 0 Å². The smallest absolute Gasteiger partial charge is 0.363 e. The highest BCUT2D eigenvalue weighted by molar-refractivity contribution is 6.30. The summed E-state index contributed by atoms with van der Waals surface area (Å²) in [5, 5.41) is 0.674. The zero-order valence-corrected chi connectivity index (χ0v) is 11.9. The number of cyclic esters (lactones) is 1. The summed E-state index contributed by atoms with van der Waals surface area (Å²) in [5.74, 6) is 0.569. The van der Waals surface area contributed by atoms with E-state index in [1.54, 1.807) is 18.2 Å². The van der Waals surface area contributed by atoms with E-state index in [-0.39, 0.29) is 5.97 Å². The highest BCUT2D eigenvalue weighted by Gasteiger charge is 2.29. The van der Waals surface area contributed by atoms with Gasteiger partial charge in [0.15, 0.2) is 5.70 Å². The number of hydrogen-bond donors (Lipinski definition) is 0. The largest absolute Gasteiger partial charge is 0.406 e. The molecule has 0 saturated heterocycles. The van der Waals surface area contributed by atoms with Crippen LogP contribution < -0.4 is 0 Å². The third-order valence-corrected chi connectivity index (χ3v) is 4.02. The Labute approximate surface area is 123 Å². The molecule has 0 amide bonds. The first kappa shape index (κ1) is 13.4. The van der Waals surface area contributed by atoms with Crippen LogP contribution in [-0.2, 0) is 9.53 Å². The molecule has 0 aromatic heterocycles. The van der Waals surface area contributed by atoms with E-state index in [1.165, 1.54) is 19.3 Å². The van der Waals surface area contributed by atoms with Gasteiger partial charge in [0, 0.05) is 10.9 Å². The molecule has 1 aliphatic heterocycles. The van der Waals surface area contributed by atoms with Crippen molar-refractivity contribution in [2.75, 3.05) is 0 Å². The van der Waals surface area contributed by atoms with Crippen molar-refractivity contribution in [3.05, 3.63) is 40.5 Å². The lowest BCUT2D eigenvalue weighted by molar-refractivity contribution is -0.130. The molecule has 0 bridgehead atoms. The van der Waals surface area contributed by atoms with Crippen molar-refractivity contribution in [1.29, 1.82) is 0 Å². The molecule has 3 rings (SSSR count). The molecule has 20 heavy (non-hydrogen) atoms. The van der Waals surface area contributed by atoms with Crippen LogP contribution >= 0.6 is 11.6 Å². The molecule has 1 heterocycles. The van der Waals surface area contributed by atoms with E-state index in [2.05, 4.69) is 4.99 Å². The second kappa shape index (κ2) is 5.80. The van der Waals surface area contributed by atoms with Crippen LogP contribution in [0.4, 0.5) is 0 Å². The minimum absolute atomic E-state index is 0.309. The van der Waals surface area contributed by atoms with E-state index in [0.717, 1.165) is 18.4 Å². The Morgan fingerprint density at radius 3 is 2.55 bits per heavy atom. The van der Waals surface area contributed by atoms with E-state index >= 15 is 0 Å². The number of esters is 1. The first-order valence-corrected chi connectivity index (χ1v) is 7.38. The number of nitrogens with zero attached hydrogens (tertiary/aromatic N) is 1. The quantitative estimate of drug-likeness (QED) is 0.604. The number of carbonyl (C=O) groups excluding carboxylic acids is 1. The topological polar surface area (TPSA) is 38.7 Å². The van der Waals surface area contributed by atoms with Crippen molar-refractivity contribution >= 4 is 29.5 Å². The molecule has 1 aromatic carbocycles. The summed E-state index contributed by atoms with van der Waals surface area (Å²) >= 11 is 5.84. The molecular weight excluding hydrogens is 274 g/mol. The van der Waals surface area contributed by atoms with Crippen LogP contribution in [0.25, 0.3) is 6.08 Å². The van der Waals surface area contributed by atoms with Crippen molar-refractivity contribution in [3.63, 3.8) is 0 Å². The summed E-state index contributed by atoms with van der Waals surface area (Å²) in [6, 6.07) is 7.30. The van der Waals surface area contributed by atoms with Gasteiger partial charge in [-0.2, -0.15) is 0 Å². The number of halogens is 1. The highest BCUT2D eigenvalue weighted by atomic mass is 35.5. The molecule has 0 radical (unpaired) electrons. The van der Waals surface area contributed by atoms with Crippen molar-refractivity contribution in [2.45, 2.75) is 32.1 Å². The molecular formula is C16H16ClNO2. The molecule has 0 unspecified atom stereocenters. The van der Waals surface area contributed by atoms with E-state index in [9.17, 15) is 4.79 Å². The van der Waals surface area contributed by atoms with Crippen LogP contribution in [0.2, 0.25) is 5.02 Å². The van der Waals surface area contributed by atoms with Crippen LogP contribution in [-0.4, -0.2) is 11.9 Å². The van der Waals surface area contributed by atoms with Gasteiger partial charge in [0.25, 0.3) is 0 Å². The van der Waals surface area contributed by atoms with Gasteiger partial charge < -0.3 is 4.74 Å². The van der Waals surface area contributed by atoms with Crippen LogP contribution in [0.3, 0.4) is 0 Å². The van der Waals surface area contributed by atoms with Gasteiger partial charge in [0.1, 0.15) is 0 Å².